The predicted molar refractivity (Wildman–Crippen MR) is 84.7 cm³/mol. The van der Waals surface area contributed by atoms with Gasteiger partial charge in [-0.25, -0.2) is 0 Å². The molecule has 0 aliphatic rings. The smallest absolute Gasteiger partial charge is 0.161 e. The summed E-state index contributed by atoms with van der Waals surface area (Å²) in [5.41, 5.74) is 1.68. The van der Waals surface area contributed by atoms with Gasteiger partial charge in [-0.2, -0.15) is 0 Å². The quantitative estimate of drug-likeness (QED) is 0.510. The maximum Gasteiger partial charge on any atom is 0.161 e. The average Bonchev–Trinajstić information content (AvgIpc) is 2.43. The van der Waals surface area contributed by atoms with Gasteiger partial charge in [0.15, 0.2) is 5.78 Å². The maximum atomic E-state index is 11.8. The number of carbonyl (C=O) groups is 1. The zero-order valence-electron chi connectivity index (χ0n) is 12.3. The van der Waals surface area contributed by atoms with E-state index < -0.39 is 0 Å². The molecule has 5 heteroatoms. The highest BCUT2D eigenvalue weighted by atomic mass is 79.9. The lowest BCUT2D eigenvalue weighted by Crippen LogP contribution is -2.30. The van der Waals surface area contributed by atoms with Crippen molar-refractivity contribution in [3.63, 3.8) is 0 Å². The predicted octanol–water partition coefficient (Wildman–Crippen LogP) is 3.14. The van der Waals surface area contributed by atoms with E-state index in [1.54, 1.807) is 21.1 Å². The second-order valence-electron chi connectivity index (χ2n) is 4.54. The van der Waals surface area contributed by atoms with Crippen LogP contribution in [0, 0.1) is 0 Å². The molecule has 0 unspecified atom stereocenters. The van der Waals surface area contributed by atoms with Gasteiger partial charge >= 0.3 is 0 Å². The minimum absolute atomic E-state index is 0.0652. The lowest BCUT2D eigenvalue weighted by molar-refractivity contribution is 0.101. The molecule has 1 aromatic rings. The third-order valence-corrected chi connectivity index (χ3v) is 3.51. The molecule has 0 aliphatic carbocycles. The Hall–Kier alpha value is -0.910. The van der Waals surface area contributed by atoms with E-state index >= 15 is 0 Å². The van der Waals surface area contributed by atoms with Crippen LogP contribution in [0.1, 0.15) is 23.7 Å². The largest absolute Gasteiger partial charge is 0.385 e. The van der Waals surface area contributed by atoms with E-state index in [2.05, 4.69) is 20.8 Å². The second kappa shape index (κ2) is 9.10. The van der Waals surface area contributed by atoms with Crippen LogP contribution in [0.25, 0.3) is 0 Å². The van der Waals surface area contributed by atoms with Crippen molar-refractivity contribution in [1.29, 1.82) is 0 Å². The minimum Gasteiger partial charge on any atom is -0.385 e. The molecular formula is C15H22BrNO3. The van der Waals surface area contributed by atoms with Crippen molar-refractivity contribution in [3.8, 4) is 0 Å². The summed E-state index contributed by atoms with van der Waals surface area (Å²) in [6.45, 7) is 4.51. The van der Waals surface area contributed by atoms with Gasteiger partial charge in [-0.15, -0.1) is 0 Å². The molecule has 0 heterocycles. The third kappa shape index (κ3) is 5.23. The van der Waals surface area contributed by atoms with Crippen LogP contribution in [0.15, 0.2) is 22.7 Å². The van der Waals surface area contributed by atoms with Crippen LogP contribution in [0.4, 0.5) is 5.69 Å². The van der Waals surface area contributed by atoms with Crippen LogP contribution in [-0.2, 0) is 9.47 Å². The van der Waals surface area contributed by atoms with Gasteiger partial charge in [0.25, 0.3) is 0 Å². The average molecular weight is 344 g/mol. The van der Waals surface area contributed by atoms with Crippen molar-refractivity contribution >= 4 is 27.4 Å². The van der Waals surface area contributed by atoms with Crippen LogP contribution in [0.2, 0.25) is 0 Å². The van der Waals surface area contributed by atoms with Gasteiger partial charge in [0.2, 0.25) is 0 Å². The van der Waals surface area contributed by atoms with Crippen LogP contribution in [0.3, 0.4) is 0 Å². The Morgan fingerprint density at radius 2 is 1.90 bits per heavy atom. The number of rotatable bonds is 9. The van der Waals surface area contributed by atoms with Crippen LogP contribution < -0.4 is 4.90 Å². The summed E-state index contributed by atoms with van der Waals surface area (Å²) < 4.78 is 11.2. The Labute approximate surface area is 129 Å². The van der Waals surface area contributed by atoms with Crippen molar-refractivity contribution in [3.05, 3.63) is 28.2 Å². The summed E-state index contributed by atoms with van der Waals surface area (Å²) in [7, 11) is 3.38. The lowest BCUT2D eigenvalue weighted by atomic mass is 10.1. The molecule has 0 radical (unpaired) electrons. The highest BCUT2D eigenvalue weighted by molar-refractivity contribution is 9.10. The SMILES string of the molecule is COCCCN(CCOC)c1ccc(Br)cc1C(C)=O. The standard InChI is InChI=1S/C15H22BrNO3/c1-12(18)14-11-13(16)5-6-15(14)17(8-10-20-3)7-4-9-19-2/h5-6,11H,4,7-10H2,1-3H3. The first-order chi connectivity index (χ1) is 9.60. The third-order valence-electron chi connectivity index (χ3n) is 3.02. The summed E-state index contributed by atoms with van der Waals surface area (Å²) in [5.74, 6) is 0.0652. The van der Waals surface area contributed by atoms with Gasteiger partial charge < -0.3 is 14.4 Å². The molecular weight excluding hydrogens is 322 g/mol. The second-order valence-corrected chi connectivity index (χ2v) is 5.46. The van der Waals surface area contributed by atoms with Crippen LogP contribution in [0.5, 0.6) is 0 Å². The number of benzene rings is 1. The molecule has 1 aromatic carbocycles. The number of anilines is 1. The Kier molecular flexibility index (Phi) is 7.80. The first-order valence-corrected chi connectivity index (χ1v) is 7.42. The number of carbonyl (C=O) groups excluding carboxylic acids is 1. The molecule has 0 saturated carbocycles. The Bertz CT molecular complexity index is 437. The molecule has 0 saturated heterocycles. The van der Waals surface area contributed by atoms with Crippen molar-refractivity contribution in [2.45, 2.75) is 13.3 Å². The molecule has 0 amide bonds. The summed E-state index contributed by atoms with van der Waals surface area (Å²) in [5, 5.41) is 0. The van der Waals surface area contributed by atoms with Crippen molar-refractivity contribution in [1.82, 2.24) is 0 Å². The number of ether oxygens (including phenoxy) is 2. The molecule has 0 N–H and O–H groups in total. The number of ketones is 1. The minimum atomic E-state index is 0.0652. The molecule has 0 aliphatic heterocycles. The van der Waals surface area contributed by atoms with Crippen molar-refractivity contribution < 1.29 is 14.3 Å². The van der Waals surface area contributed by atoms with Crippen LogP contribution in [-0.4, -0.2) is 46.3 Å². The molecule has 20 heavy (non-hydrogen) atoms. The molecule has 0 fully saturated rings. The van der Waals surface area contributed by atoms with Crippen molar-refractivity contribution in [2.75, 3.05) is 45.4 Å². The fourth-order valence-electron chi connectivity index (χ4n) is 2.02. The Morgan fingerprint density at radius 3 is 2.50 bits per heavy atom. The highest BCUT2D eigenvalue weighted by Crippen LogP contribution is 2.25. The maximum absolute atomic E-state index is 11.8. The first kappa shape index (κ1) is 17.1. The van der Waals surface area contributed by atoms with Gasteiger partial charge in [0.05, 0.1) is 6.61 Å². The number of halogens is 1. The van der Waals surface area contributed by atoms with E-state index in [4.69, 9.17) is 9.47 Å². The number of nitrogens with zero attached hydrogens (tertiary/aromatic N) is 1. The summed E-state index contributed by atoms with van der Waals surface area (Å²) >= 11 is 3.41. The zero-order valence-corrected chi connectivity index (χ0v) is 13.9. The molecule has 0 atom stereocenters. The Morgan fingerprint density at radius 1 is 1.20 bits per heavy atom. The monoisotopic (exact) mass is 343 g/mol. The van der Waals surface area contributed by atoms with E-state index in [0.29, 0.717) is 13.2 Å². The molecule has 4 nitrogen and oxygen atoms in total. The lowest BCUT2D eigenvalue weighted by Gasteiger charge is -2.26. The van der Waals surface area contributed by atoms with Gasteiger partial charge in [-0.05, 0) is 31.5 Å². The fraction of sp³-hybridized carbons (Fsp3) is 0.533. The molecule has 0 bridgehead atoms. The van der Waals surface area contributed by atoms with E-state index in [1.165, 1.54) is 0 Å². The first-order valence-electron chi connectivity index (χ1n) is 6.63. The van der Waals surface area contributed by atoms with Crippen molar-refractivity contribution in [2.24, 2.45) is 0 Å². The molecule has 112 valence electrons. The number of hydrogen-bond acceptors (Lipinski definition) is 4. The summed E-state index contributed by atoms with van der Waals surface area (Å²) in [6.07, 6.45) is 0.910. The molecule has 1 rings (SSSR count). The number of hydrogen-bond donors (Lipinski definition) is 0. The van der Waals surface area contributed by atoms with E-state index in [0.717, 1.165) is 35.2 Å². The van der Waals surface area contributed by atoms with Gasteiger partial charge in [0, 0.05) is 49.6 Å². The number of Topliss-reactive ketones (excluding diaryl/α,β-unsaturated/α-hetero) is 1. The topological polar surface area (TPSA) is 38.8 Å². The van der Waals surface area contributed by atoms with E-state index in [1.807, 2.05) is 18.2 Å². The van der Waals surface area contributed by atoms with Gasteiger partial charge in [-0.3, -0.25) is 4.79 Å². The Balaban J connectivity index is 2.95. The van der Waals surface area contributed by atoms with E-state index in [-0.39, 0.29) is 5.78 Å². The molecule has 0 spiro atoms. The van der Waals surface area contributed by atoms with Gasteiger partial charge in [-0.1, -0.05) is 15.9 Å². The summed E-state index contributed by atoms with van der Waals surface area (Å²) in [4.78, 5) is 14.0. The van der Waals surface area contributed by atoms with Gasteiger partial charge in [0.1, 0.15) is 0 Å². The van der Waals surface area contributed by atoms with Crippen LogP contribution >= 0.6 is 15.9 Å². The fourth-order valence-corrected chi connectivity index (χ4v) is 2.38. The zero-order chi connectivity index (χ0) is 15.0. The molecule has 0 aromatic heterocycles. The highest BCUT2D eigenvalue weighted by Gasteiger charge is 2.14. The van der Waals surface area contributed by atoms with E-state index in [9.17, 15) is 4.79 Å². The number of methoxy groups -OCH3 is 2. The normalized spacial score (nSPS) is 10.6. The summed E-state index contributed by atoms with van der Waals surface area (Å²) in [6, 6.07) is 5.80.